The van der Waals surface area contributed by atoms with E-state index in [2.05, 4.69) is 14.8 Å². The maximum Gasteiger partial charge on any atom is 0.328 e. The predicted molar refractivity (Wildman–Crippen MR) is 73.5 cm³/mol. The van der Waals surface area contributed by atoms with Crippen LogP contribution in [0.5, 0.6) is 0 Å². The van der Waals surface area contributed by atoms with Gasteiger partial charge in [0.1, 0.15) is 12.1 Å². The third-order valence-corrected chi connectivity index (χ3v) is 2.43. The number of carbonyl (C=O) groups is 3. The number of rotatable bonds is 9. The van der Waals surface area contributed by atoms with Gasteiger partial charge in [0.25, 0.3) is 5.91 Å². The number of ether oxygens (including phenoxy) is 2. The van der Waals surface area contributed by atoms with Crippen molar-refractivity contribution in [3.05, 3.63) is 5.53 Å². The van der Waals surface area contributed by atoms with Crippen LogP contribution in [-0.4, -0.2) is 54.0 Å². The van der Waals surface area contributed by atoms with Gasteiger partial charge in [0.2, 0.25) is 11.9 Å². The summed E-state index contributed by atoms with van der Waals surface area (Å²) in [5.74, 6) is -2.06. The number of carbonyl (C=O) groups excluding carboxylic acids is 3. The first-order chi connectivity index (χ1) is 10.3. The molecule has 0 aliphatic carbocycles. The SMILES string of the molecule is COC(C#N)C(=O)N[C@@H](CCC(=O)C=[N+]=[N-])C(=O)OC(C)C. The molecule has 0 fully saturated rings. The van der Waals surface area contributed by atoms with Gasteiger partial charge >= 0.3 is 12.2 Å². The van der Waals surface area contributed by atoms with Crippen molar-refractivity contribution in [3.8, 4) is 6.07 Å². The molecule has 0 heterocycles. The molecule has 120 valence electrons. The highest BCUT2D eigenvalue weighted by atomic mass is 16.5. The molecule has 22 heavy (non-hydrogen) atoms. The molecule has 0 rings (SSSR count). The van der Waals surface area contributed by atoms with Gasteiger partial charge in [0.15, 0.2) is 0 Å². The maximum absolute atomic E-state index is 11.9. The van der Waals surface area contributed by atoms with Gasteiger partial charge < -0.3 is 20.3 Å². The number of Topliss-reactive ketones (excluding diaryl/α,β-unsaturated/α-hetero) is 1. The Morgan fingerprint density at radius 2 is 2.05 bits per heavy atom. The normalized spacial score (nSPS) is 12.5. The molecular weight excluding hydrogens is 292 g/mol. The summed E-state index contributed by atoms with van der Waals surface area (Å²) in [6.45, 7) is 3.27. The third-order valence-electron chi connectivity index (χ3n) is 2.43. The highest BCUT2D eigenvalue weighted by Crippen LogP contribution is 2.04. The van der Waals surface area contributed by atoms with Gasteiger partial charge in [-0.25, -0.2) is 4.79 Å². The van der Waals surface area contributed by atoms with Gasteiger partial charge in [0, 0.05) is 13.5 Å². The summed E-state index contributed by atoms with van der Waals surface area (Å²) in [7, 11) is 1.18. The summed E-state index contributed by atoms with van der Waals surface area (Å²) < 4.78 is 9.62. The maximum atomic E-state index is 11.9. The minimum atomic E-state index is -1.37. The van der Waals surface area contributed by atoms with E-state index >= 15 is 0 Å². The van der Waals surface area contributed by atoms with E-state index in [4.69, 9.17) is 15.5 Å². The van der Waals surface area contributed by atoms with Crippen molar-refractivity contribution in [1.82, 2.24) is 5.32 Å². The molecule has 0 bridgehead atoms. The van der Waals surface area contributed by atoms with Gasteiger partial charge in [-0.3, -0.25) is 9.59 Å². The summed E-state index contributed by atoms with van der Waals surface area (Å²) in [6, 6.07) is 0.500. The minimum absolute atomic E-state index is 0.0655. The lowest BCUT2D eigenvalue weighted by Crippen LogP contribution is -2.47. The molecule has 9 heteroatoms. The van der Waals surface area contributed by atoms with Gasteiger partial charge in [-0.05, 0) is 20.3 Å². The number of nitrogens with one attached hydrogen (secondary N) is 1. The van der Waals surface area contributed by atoms with E-state index < -0.39 is 35.9 Å². The zero-order valence-electron chi connectivity index (χ0n) is 12.6. The molecule has 1 amide bonds. The number of nitrogens with zero attached hydrogens (tertiary/aromatic N) is 3. The standard InChI is InChI=1S/C13H18N4O5/c1-8(2)22-13(20)10(5-4-9(18)7-16-15)17-12(19)11(6-14)21-3/h7-8,10-11H,4-5H2,1-3H3,(H,17,19)/t10-,11?/m0/s1. The van der Waals surface area contributed by atoms with Crippen molar-refractivity contribution in [2.45, 2.75) is 44.9 Å². The minimum Gasteiger partial charge on any atom is -0.461 e. The molecule has 0 saturated heterocycles. The topological polar surface area (TPSA) is 142 Å². The highest BCUT2D eigenvalue weighted by molar-refractivity contribution is 6.25. The largest absolute Gasteiger partial charge is 0.461 e. The summed E-state index contributed by atoms with van der Waals surface area (Å²) >= 11 is 0. The highest BCUT2D eigenvalue weighted by Gasteiger charge is 2.27. The van der Waals surface area contributed by atoms with Crippen LogP contribution in [0, 0.1) is 11.3 Å². The fraction of sp³-hybridized carbons (Fsp3) is 0.615. The van der Waals surface area contributed by atoms with Crippen LogP contribution in [0.3, 0.4) is 0 Å². The van der Waals surface area contributed by atoms with E-state index in [0.29, 0.717) is 6.21 Å². The summed E-state index contributed by atoms with van der Waals surface area (Å²) in [4.78, 5) is 37.5. The average Bonchev–Trinajstić information content (AvgIpc) is 2.44. The van der Waals surface area contributed by atoms with E-state index in [1.807, 2.05) is 0 Å². The number of ketones is 1. The van der Waals surface area contributed by atoms with Gasteiger partial charge in [-0.15, -0.1) is 0 Å². The second-order valence-corrected chi connectivity index (χ2v) is 4.54. The van der Waals surface area contributed by atoms with Gasteiger partial charge in [-0.2, -0.15) is 10.1 Å². The molecule has 9 nitrogen and oxygen atoms in total. The lowest BCUT2D eigenvalue weighted by Gasteiger charge is -2.19. The fourth-order valence-electron chi connectivity index (χ4n) is 1.44. The Hall–Kier alpha value is -2.56. The average molecular weight is 310 g/mol. The van der Waals surface area contributed by atoms with Crippen molar-refractivity contribution < 1.29 is 28.6 Å². The third kappa shape index (κ3) is 7.28. The monoisotopic (exact) mass is 310 g/mol. The number of amides is 1. The Bertz CT molecular complexity index is 505. The number of methoxy groups -OCH3 is 1. The molecule has 0 radical (unpaired) electrons. The first-order valence-corrected chi connectivity index (χ1v) is 6.49. The second kappa shape index (κ2) is 10.2. The molecule has 0 spiro atoms. The lowest BCUT2D eigenvalue weighted by atomic mass is 10.1. The number of nitriles is 1. The molecule has 1 unspecified atom stereocenters. The molecule has 2 atom stereocenters. The number of esters is 1. The van der Waals surface area contributed by atoms with Crippen LogP contribution in [-0.2, 0) is 23.9 Å². The second-order valence-electron chi connectivity index (χ2n) is 4.54. The molecule has 0 aliphatic heterocycles. The number of hydrogen-bond donors (Lipinski definition) is 1. The van der Waals surface area contributed by atoms with Gasteiger partial charge in [0.05, 0.1) is 6.10 Å². The van der Waals surface area contributed by atoms with Crippen molar-refractivity contribution >= 4 is 23.9 Å². The van der Waals surface area contributed by atoms with E-state index in [1.54, 1.807) is 19.9 Å². The van der Waals surface area contributed by atoms with Crippen LogP contribution >= 0.6 is 0 Å². The van der Waals surface area contributed by atoms with Crippen molar-refractivity contribution in [2.24, 2.45) is 0 Å². The Balaban J connectivity index is 4.89. The van der Waals surface area contributed by atoms with Crippen molar-refractivity contribution in [1.29, 1.82) is 5.26 Å². The molecule has 0 saturated carbocycles. The van der Waals surface area contributed by atoms with Crippen LogP contribution in [0.25, 0.3) is 5.53 Å². The van der Waals surface area contributed by atoms with Crippen molar-refractivity contribution in [3.63, 3.8) is 0 Å². The quantitative estimate of drug-likeness (QED) is 0.266. The summed E-state index contributed by atoms with van der Waals surface area (Å²) in [5, 5.41) is 11.0. The number of hydrogen-bond acceptors (Lipinski definition) is 6. The molecule has 0 aromatic rings. The zero-order chi connectivity index (χ0) is 17.1. The molecule has 0 aromatic carbocycles. The van der Waals surface area contributed by atoms with Crippen molar-refractivity contribution in [2.75, 3.05) is 7.11 Å². The first-order valence-electron chi connectivity index (χ1n) is 6.49. The summed E-state index contributed by atoms with van der Waals surface area (Å²) in [6.07, 6.45) is -1.30. The molecular formula is C13H18N4O5. The summed E-state index contributed by atoms with van der Waals surface area (Å²) in [5.41, 5.74) is 8.25. The van der Waals surface area contributed by atoms with Crippen LogP contribution in [0.15, 0.2) is 0 Å². The van der Waals surface area contributed by atoms with Crippen LogP contribution in [0.1, 0.15) is 26.7 Å². The first kappa shape index (κ1) is 19.4. The van der Waals surface area contributed by atoms with E-state index in [-0.39, 0.29) is 12.8 Å². The Labute approximate surface area is 127 Å². The zero-order valence-corrected chi connectivity index (χ0v) is 12.6. The lowest BCUT2D eigenvalue weighted by molar-refractivity contribution is -0.152. The van der Waals surface area contributed by atoms with Crippen LogP contribution < -0.4 is 5.32 Å². The van der Waals surface area contributed by atoms with Crippen LogP contribution in [0.2, 0.25) is 0 Å². The van der Waals surface area contributed by atoms with Gasteiger partial charge in [-0.1, -0.05) is 0 Å². The Kier molecular flexibility index (Phi) is 9.02. The predicted octanol–water partition coefficient (Wildman–Crippen LogP) is -0.389. The van der Waals surface area contributed by atoms with E-state index in [0.717, 1.165) is 0 Å². The van der Waals surface area contributed by atoms with E-state index in [9.17, 15) is 14.4 Å². The molecule has 0 aromatic heterocycles. The van der Waals surface area contributed by atoms with Crippen LogP contribution in [0.4, 0.5) is 0 Å². The Morgan fingerprint density at radius 3 is 2.50 bits per heavy atom. The van der Waals surface area contributed by atoms with E-state index in [1.165, 1.54) is 7.11 Å². The Morgan fingerprint density at radius 1 is 1.41 bits per heavy atom. The molecule has 0 aliphatic rings. The molecule has 1 N–H and O–H groups in total. The smallest absolute Gasteiger partial charge is 0.328 e. The fourth-order valence-corrected chi connectivity index (χ4v) is 1.44.